The van der Waals surface area contributed by atoms with Gasteiger partial charge in [0, 0.05) is 31.1 Å². The van der Waals surface area contributed by atoms with E-state index < -0.39 is 29.9 Å². The number of fused-ring (bicyclic) bond motifs is 2. The highest BCUT2D eigenvalue weighted by Crippen LogP contribution is 2.33. The molecule has 0 fully saturated rings. The summed E-state index contributed by atoms with van der Waals surface area (Å²) in [6, 6.07) is 26.7. The molecular weight excluding hydrogens is 650 g/mol. The molecule has 2 N–H and O–H groups in total. The third kappa shape index (κ3) is 8.02. The molecule has 2 atom stereocenters. The number of aliphatic hydroxyl groups excluding tert-OH is 1. The number of benzene rings is 4. The van der Waals surface area contributed by atoms with Gasteiger partial charge >= 0.3 is 0 Å². The highest BCUT2D eigenvalue weighted by molar-refractivity contribution is 6.30. The number of carbonyl (C=O) groups is 4. The molecule has 0 radical (unpaired) electrons. The molecular formula is C37H34ClN3O8. The summed E-state index contributed by atoms with van der Waals surface area (Å²) in [5.74, 6) is -0.116. The zero-order chi connectivity index (χ0) is 34.3. The number of nitrogens with zero attached hydrogens (tertiary/aromatic N) is 2. The molecule has 4 aromatic rings. The molecule has 6 rings (SSSR count). The van der Waals surface area contributed by atoms with E-state index in [0.29, 0.717) is 45.4 Å². The summed E-state index contributed by atoms with van der Waals surface area (Å²) in [5.41, 5.74) is 2.11. The minimum absolute atomic E-state index is 0.124. The Kier molecular flexibility index (Phi) is 10.4. The molecule has 49 heavy (non-hydrogen) atoms. The Morgan fingerprint density at radius 1 is 0.898 bits per heavy atom. The van der Waals surface area contributed by atoms with Gasteiger partial charge in [-0.2, -0.15) is 0 Å². The largest absolute Gasteiger partial charge is 0.484 e. The van der Waals surface area contributed by atoms with Crippen molar-refractivity contribution < 1.29 is 38.5 Å². The molecule has 0 bridgehead atoms. The van der Waals surface area contributed by atoms with Gasteiger partial charge in [0.25, 0.3) is 17.7 Å². The molecule has 0 saturated carbocycles. The van der Waals surface area contributed by atoms with Crippen molar-refractivity contribution >= 4 is 35.2 Å². The summed E-state index contributed by atoms with van der Waals surface area (Å²) >= 11 is 6.03. The zero-order valence-electron chi connectivity index (χ0n) is 26.4. The quantitative estimate of drug-likeness (QED) is 0.187. The lowest BCUT2D eigenvalue weighted by atomic mass is 10.00. The predicted molar refractivity (Wildman–Crippen MR) is 180 cm³/mol. The number of imide groups is 1. The number of ether oxygens (including phenoxy) is 3. The molecule has 11 nitrogen and oxygen atoms in total. The van der Waals surface area contributed by atoms with Crippen LogP contribution in [0.4, 0.5) is 0 Å². The summed E-state index contributed by atoms with van der Waals surface area (Å²) in [4.78, 5) is 55.3. The Hall–Kier alpha value is -5.39. The number of nitrogens with one attached hydrogen (secondary N) is 1. The molecule has 12 heteroatoms. The van der Waals surface area contributed by atoms with Crippen LogP contribution in [0.1, 0.15) is 44.3 Å². The molecule has 1 unspecified atom stereocenters. The van der Waals surface area contributed by atoms with Crippen LogP contribution >= 0.6 is 11.6 Å². The van der Waals surface area contributed by atoms with Gasteiger partial charge in [-0.15, -0.1) is 0 Å². The van der Waals surface area contributed by atoms with E-state index in [1.165, 1.54) is 4.90 Å². The second-order valence-electron chi connectivity index (χ2n) is 11.6. The SMILES string of the molecule is O=C(COc1cccc(Cl)c1)N[C@@H](c1ccccc1)C(O)CN(CCc1ccc2c(c1)OCO2)C(=O)CCN1C(=O)c2ccccc2C1=O. The summed E-state index contributed by atoms with van der Waals surface area (Å²) in [6.07, 6.45) is -0.981. The Morgan fingerprint density at radius 2 is 1.61 bits per heavy atom. The first kappa shape index (κ1) is 33.5. The Morgan fingerprint density at radius 3 is 2.35 bits per heavy atom. The van der Waals surface area contributed by atoms with E-state index in [2.05, 4.69) is 5.32 Å². The summed E-state index contributed by atoms with van der Waals surface area (Å²) in [7, 11) is 0. The van der Waals surface area contributed by atoms with E-state index in [1.54, 1.807) is 78.9 Å². The van der Waals surface area contributed by atoms with Crippen LogP contribution in [0, 0.1) is 0 Å². The number of rotatable bonds is 14. The van der Waals surface area contributed by atoms with Crippen molar-refractivity contribution in [3.05, 3.63) is 124 Å². The van der Waals surface area contributed by atoms with E-state index in [4.69, 9.17) is 25.8 Å². The Labute approximate surface area is 287 Å². The van der Waals surface area contributed by atoms with Crippen LogP contribution in [-0.2, 0) is 16.0 Å². The normalized spacial score (nSPS) is 14.3. The standard InChI is InChI=1S/C37H34ClN3O8/c38-26-9-6-10-27(20-26)47-22-33(43)39-35(25-7-2-1-3-8-25)30(42)21-40(17-15-24-13-14-31-32(19-24)49-23-48-31)34(44)16-18-41-36(45)28-11-4-5-12-29(28)37(41)46/h1-14,19-20,30,35,42H,15-18,21-23H2,(H,39,43)/t30?,35-/m0/s1. The smallest absolute Gasteiger partial charge is 0.261 e. The molecule has 4 aromatic carbocycles. The van der Waals surface area contributed by atoms with Crippen molar-refractivity contribution in [1.29, 1.82) is 0 Å². The lowest BCUT2D eigenvalue weighted by Crippen LogP contribution is -2.46. The number of hydrogen-bond donors (Lipinski definition) is 2. The average Bonchev–Trinajstić information content (AvgIpc) is 3.68. The number of halogens is 1. The Balaban J connectivity index is 1.17. The molecule has 0 spiro atoms. The number of aliphatic hydroxyl groups is 1. The van der Waals surface area contributed by atoms with Crippen molar-refractivity contribution in [2.45, 2.75) is 25.0 Å². The first-order chi connectivity index (χ1) is 23.8. The highest BCUT2D eigenvalue weighted by Gasteiger charge is 2.36. The van der Waals surface area contributed by atoms with Gasteiger partial charge in [0.15, 0.2) is 18.1 Å². The maximum atomic E-state index is 13.8. The van der Waals surface area contributed by atoms with Crippen molar-refractivity contribution in [1.82, 2.24) is 15.1 Å². The van der Waals surface area contributed by atoms with Gasteiger partial charge < -0.3 is 29.5 Å². The van der Waals surface area contributed by atoms with Crippen LogP contribution in [0.3, 0.4) is 0 Å². The fourth-order valence-electron chi connectivity index (χ4n) is 5.80. The molecule has 0 aliphatic carbocycles. The number of hydrogen-bond acceptors (Lipinski definition) is 8. The fraction of sp³-hybridized carbons (Fsp3) is 0.243. The predicted octanol–water partition coefficient (Wildman–Crippen LogP) is 4.42. The Bertz CT molecular complexity index is 1820. The van der Waals surface area contributed by atoms with Gasteiger partial charge in [-0.1, -0.05) is 66.2 Å². The van der Waals surface area contributed by atoms with Crippen LogP contribution in [0.25, 0.3) is 0 Å². The first-order valence-corrected chi connectivity index (χ1v) is 16.2. The molecule has 2 heterocycles. The van der Waals surface area contributed by atoms with Crippen LogP contribution in [-0.4, -0.2) is 77.7 Å². The second kappa shape index (κ2) is 15.2. The van der Waals surface area contributed by atoms with Crippen LogP contribution in [0.15, 0.2) is 97.1 Å². The summed E-state index contributed by atoms with van der Waals surface area (Å²) in [5, 5.41) is 14.9. The van der Waals surface area contributed by atoms with E-state index in [-0.39, 0.29) is 45.4 Å². The molecule has 2 aliphatic rings. The zero-order valence-corrected chi connectivity index (χ0v) is 27.2. The average molecular weight is 684 g/mol. The summed E-state index contributed by atoms with van der Waals surface area (Å²) in [6.45, 7) is -0.277. The van der Waals surface area contributed by atoms with E-state index >= 15 is 0 Å². The van der Waals surface area contributed by atoms with Gasteiger partial charge in [-0.3, -0.25) is 24.1 Å². The lowest BCUT2D eigenvalue weighted by molar-refractivity contribution is -0.133. The third-order valence-electron chi connectivity index (χ3n) is 8.32. The lowest BCUT2D eigenvalue weighted by Gasteiger charge is -2.31. The minimum Gasteiger partial charge on any atom is -0.484 e. The molecule has 252 valence electrons. The van der Waals surface area contributed by atoms with E-state index in [9.17, 15) is 24.3 Å². The van der Waals surface area contributed by atoms with Gasteiger partial charge in [0.2, 0.25) is 12.7 Å². The third-order valence-corrected chi connectivity index (χ3v) is 8.56. The molecule has 4 amide bonds. The van der Waals surface area contributed by atoms with Crippen LogP contribution in [0.5, 0.6) is 17.2 Å². The molecule has 0 saturated heterocycles. The molecule has 0 aromatic heterocycles. The first-order valence-electron chi connectivity index (χ1n) is 15.8. The van der Waals surface area contributed by atoms with Crippen LogP contribution < -0.4 is 19.5 Å². The van der Waals surface area contributed by atoms with Gasteiger partial charge in [-0.05, 0) is 60.0 Å². The minimum atomic E-state index is -1.24. The number of carbonyl (C=O) groups excluding carboxylic acids is 4. The monoisotopic (exact) mass is 683 g/mol. The van der Waals surface area contributed by atoms with E-state index in [1.807, 2.05) is 18.2 Å². The molecule has 2 aliphatic heterocycles. The van der Waals surface area contributed by atoms with Crippen molar-refractivity contribution in [3.63, 3.8) is 0 Å². The van der Waals surface area contributed by atoms with Gasteiger partial charge in [-0.25, -0.2) is 0 Å². The van der Waals surface area contributed by atoms with Crippen molar-refractivity contribution in [2.24, 2.45) is 0 Å². The second-order valence-corrected chi connectivity index (χ2v) is 12.0. The van der Waals surface area contributed by atoms with E-state index in [0.717, 1.165) is 10.5 Å². The maximum absolute atomic E-state index is 13.8. The maximum Gasteiger partial charge on any atom is 0.261 e. The van der Waals surface area contributed by atoms with Gasteiger partial charge in [0.05, 0.1) is 23.3 Å². The van der Waals surface area contributed by atoms with Crippen LogP contribution in [0.2, 0.25) is 5.02 Å². The number of amides is 4. The fourth-order valence-corrected chi connectivity index (χ4v) is 5.98. The van der Waals surface area contributed by atoms with Crippen molar-refractivity contribution in [2.75, 3.05) is 33.0 Å². The van der Waals surface area contributed by atoms with Gasteiger partial charge in [0.1, 0.15) is 5.75 Å². The highest BCUT2D eigenvalue weighted by atomic mass is 35.5. The summed E-state index contributed by atoms with van der Waals surface area (Å²) < 4.78 is 16.5. The topological polar surface area (TPSA) is 135 Å². The van der Waals surface area contributed by atoms with Crippen molar-refractivity contribution in [3.8, 4) is 17.2 Å².